The minimum atomic E-state index is 0.114. The molecule has 1 aromatic carbocycles. The molecule has 104 valence electrons. The number of hydrogen-bond donors (Lipinski definition) is 2. The zero-order valence-electron chi connectivity index (χ0n) is 12.2. The minimum absolute atomic E-state index is 0.114. The Bertz CT molecular complexity index is 545. The van der Waals surface area contributed by atoms with E-state index in [1.54, 1.807) is 0 Å². The van der Waals surface area contributed by atoms with Crippen LogP contribution in [-0.4, -0.2) is 30.7 Å². The van der Waals surface area contributed by atoms with Gasteiger partial charge in [-0.1, -0.05) is 6.07 Å². The van der Waals surface area contributed by atoms with Crippen LogP contribution >= 0.6 is 0 Å². The summed E-state index contributed by atoms with van der Waals surface area (Å²) < 4.78 is 5.48. The van der Waals surface area contributed by atoms with Crippen LogP contribution in [0.15, 0.2) is 22.6 Å². The second kappa shape index (κ2) is 5.72. The summed E-state index contributed by atoms with van der Waals surface area (Å²) >= 11 is 0. The van der Waals surface area contributed by atoms with Crippen LogP contribution in [0.25, 0.3) is 11.1 Å². The molecule has 2 rings (SSSR count). The zero-order chi connectivity index (χ0) is 13.9. The first-order chi connectivity index (χ1) is 9.00. The highest BCUT2D eigenvalue weighted by atomic mass is 16.3. The standard InChI is InChI=1S/C15H23N3O/c1-11-18-13-9-12(5-6-14(13)19-11)7-8-17-15(2,3)10-16-4/h5-6,9,16-17H,7-8,10H2,1-4H3. The van der Waals surface area contributed by atoms with Crippen molar-refractivity contribution in [2.75, 3.05) is 20.1 Å². The van der Waals surface area contributed by atoms with Gasteiger partial charge >= 0.3 is 0 Å². The van der Waals surface area contributed by atoms with Gasteiger partial charge in [-0.3, -0.25) is 0 Å². The Morgan fingerprint density at radius 3 is 2.84 bits per heavy atom. The fourth-order valence-electron chi connectivity index (χ4n) is 2.29. The highest BCUT2D eigenvalue weighted by Gasteiger charge is 2.14. The Kier molecular flexibility index (Phi) is 4.22. The lowest BCUT2D eigenvalue weighted by atomic mass is 10.0. The average molecular weight is 261 g/mol. The molecule has 0 amide bonds. The van der Waals surface area contributed by atoms with Crippen molar-refractivity contribution < 1.29 is 4.42 Å². The van der Waals surface area contributed by atoms with E-state index in [0.717, 1.165) is 36.5 Å². The number of rotatable bonds is 6. The number of oxazole rings is 1. The van der Waals surface area contributed by atoms with Gasteiger partial charge in [0, 0.05) is 19.0 Å². The molecule has 1 aromatic heterocycles. The highest BCUT2D eigenvalue weighted by Crippen LogP contribution is 2.17. The Labute approximate surface area is 114 Å². The van der Waals surface area contributed by atoms with Crippen LogP contribution in [0.2, 0.25) is 0 Å². The van der Waals surface area contributed by atoms with Gasteiger partial charge in [0.1, 0.15) is 5.52 Å². The molecule has 0 saturated heterocycles. The van der Waals surface area contributed by atoms with Crippen molar-refractivity contribution in [2.45, 2.75) is 32.7 Å². The molecule has 1 heterocycles. The van der Waals surface area contributed by atoms with E-state index in [9.17, 15) is 0 Å². The predicted molar refractivity (Wildman–Crippen MR) is 78.5 cm³/mol. The summed E-state index contributed by atoms with van der Waals surface area (Å²) in [7, 11) is 1.98. The van der Waals surface area contributed by atoms with Crippen LogP contribution < -0.4 is 10.6 Å². The summed E-state index contributed by atoms with van der Waals surface area (Å²) in [5.41, 5.74) is 3.21. The maximum atomic E-state index is 5.48. The molecule has 2 aromatic rings. The largest absolute Gasteiger partial charge is 0.441 e. The van der Waals surface area contributed by atoms with Gasteiger partial charge in [-0.2, -0.15) is 0 Å². The molecule has 2 N–H and O–H groups in total. The van der Waals surface area contributed by atoms with Crippen LogP contribution in [0.1, 0.15) is 25.3 Å². The molecule has 0 bridgehead atoms. The average Bonchev–Trinajstić information content (AvgIpc) is 2.68. The van der Waals surface area contributed by atoms with E-state index in [2.05, 4.69) is 41.6 Å². The monoisotopic (exact) mass is 261 g/mol. The number of fused-ring (bicyclic) bond motifs is 1. The number of hydrogen-bond acceptors (Lipinski definition) is 4. The molecule has 0 saturated carbocycles. The van der Waals surface area contributed by atoms with Crippen molar-refractivity contribution in [3.8, 4) is 0 Å². The van der Waals surface area contributed by atoms with E-state index in [1.807, 2.05) is 20.0 Å². The van der Waals surface area contributed by atoms with Gasteiger partial charge in [0.25, 0.3) is 0 Å². The number of aryl methyl sites for hydroxylation is 1. The van der Waals surface area contributed by atoms with Gasteiger partial charge in [0.15, 0.2) is 11.5 Å². The van der Waals surface area contributed by atoms with E-state index in [-0.39, 0.29) is 5.54 Å². The van der Waals surface area contributed by atoms with Crippen LogP contribution in [-0.2, 0) is 6.42 Å². The Hall–Kier alpha value is -1.39. The molecule has 19 heavy (non-hydrogen) atoms. The van der Waals surface area contributed by atoms with Crippen molar-refractivity contribution in [1.82, 2.24) is 15.6 Å². The van der Waals surface area contributed by atoms with E-state index < -0.39 is 0 Å². The second-order valence-corrected chi connectivity index (χ2v) is 5.63. The fraction of sp³-hybridized carbons (Fsp3) is 0.533. The molecule has 0 fully saturated rings. The van der Waals surface area contributed by atoms with Gasteiger partial charge in [-0.15, -0.1) is 0 Å². The normalized spacial score (nSPS) is 12.2. The maximum absolute atomic E-state index is 5.48. The van der Waals surface area contributed by atoms with E-state index >= 15 is 0 Å². The van der Waals surface area contributed by atoms with Crippen molar-refractivity contribution >= 4 is 11.1 Å². The molecule has 0 aliphatic carbocycles. The zero-order valence-corrected chi connectivity index (χ0v) is 12.2. The van der Waals surface area contributed by atoms with Crippen molar-refractivity contribution in [3.05, 3.63) is 29.7 Å². The maximum Gasteiger partial charge on any atom is 0.192 e. The number of likely N-dealkylation sites (N-methyl/N-ethyl adjacent to an activating group) is 1. The first-order valence-corrected chi connectivity index (χ1v) is 6.76. The van der Waals surface area contributed by atoms with Gasteiger partial charge in [-0.25, -0.2) is 4.98 Å². The van der Waals surface area contributed by atoms with Crippen LogP contribution in [0.3, 0.4) is 0 Å². The van der Waals surface area contributed by atoms with Crippen molar-refractivity contribution in [2.24, 2.45) is 0 Å². The predicted octanol–water partition coefficient (Wildman–Crippen LogP) is 2.27. The Morgan fingerprint density at radius 1 is 1.32 bits per heavy atom. The Morgan fingerprint density at radius 2 is 2.11 bits per heavy atom. The third-order valence-corrected chi connectivity index (χ3v) is 3.19. The Balaban J connectivity index is 1.94. The molecule has 4 heteroatoms. The van der Waals surface area contributed by atoms with E-state index in [0.29, 0.717) is 0 Å². The lowest BCUT2D eigenvalue weighted by Gasteiger charge is -2.26. The highest BCUT2D eigenvalue weighted by molar-refractivity contribution is 5.73. The number of aromatic nitrogens is 1. The summed E-state index contributed by atoms with van der Waals surface area (Å²) in [5.74, 6) is 0.723. The minimum Gasteiger partial charge on any atom is -0.441 e. The molecule has 4 nitrogen and oxygen atoms in total. The molecular weight excluding hydrogens is 238 g/mol. The van der Waals surface area contributed by atoms with Crippen LogP contribution in [0, 0.1) is 6.92 Å². The first kappa shape index (κ1) is 14.0. The SMILES string of the molecule is CNCC(C)(C)NCCc1ccc2oc(C)nc2c1. The van der Waals surface area contributed by atoms with Crippen LogP contribution in [0.4, 0.5) is 0 Å². The second-order valence-electron chi connectivity index (χ2n) is 5.63. The number of benzene rings is 1. The van der Waals surface area contributed by atoms with Crippen LogP contribution in [0.5, 0.6) is 0 Å². The summed E-state index contributed by atoms with van der Waals surface area (Å²) in [5, 5.41) is 6.75. The van der Waals surface area contributed by atoms with Crippen molar-refractivity contribution in [3.63, 3.8) is 0 Å². The summed E-state index contributed by atoms with van der Waals surface area (Å²) in [6, 6.07) is 6.22. The third-order valence-electron chi connectivity index (χ3n) is 3.19. The van der Waals surface area contributed by atoms with E-state index in [4.69, 9.17) is 4.42 Å². The number of nitrogens with zero attached hydrogens (tertiary/aromatic N) is 1. The topological polar surface area (TPSA) is 50.1 Å². The summed E-state index contributed by atoms with van der Waals surface area (Å²) in [6.45, 7) is 8.19. The van der Waals surface area contributed by atoms with E-state index in [1.165, 1.54) is 5.56 Å². The van der Waals surface area contributed by atoms with Gasteiger partial charge in [0.2, 0.25) is 0 Å². The molecule has 0 spiro atoms. The van der Waals surface area contributed by atoms with Crippen molar-refractivity contribution in [1.29, 1.82) is 0 Å². The number of nitrogens with one attached hydrogen (secondary N) is 2. The summed E-state index contributed by atoms with van der Waals surface area (Å²) in [6.07, 6.45) is 0.995. The molecule has 0 radical (unpaired) electrons. The third kappa shape index (κ3) is 3.78. The molecule has 0 aliphatic heterocycles. The molecular formula is C15H23N3O. The van der Waals surface area contributed by atoms with Gasteiger partial charge in [-0.05, 0) is 51.6 Å². The molecule has 0 unspecified atom stereocenters. The molecule has 0 atom stereocenters. The van der Waals surface area contributed by atoms with Gasteiger partial charge < -0.3 is 15.1 Å². The lowest BCUT2D eigenvalue weighted by molar-refractivity contribution is 0.379. The fourth-order valence-corrected chi connectivity index (χ4v) is 2.29. The molecule has 0 aliphatic rings. The summed E-state index contributed by atoms with van der Waals surface area (Å²) in [4.78, 5) is 4.36. The van der Waals surface area contributed by atoms with Gasteiger partial charge in [0.05, 0.1) is 0 Å². The lowest BCUT2D eigenvalue weighted by Crippen LogP contribution is -2.47. The quantitative estimate of drug-likeness (QED) is 0.837. The first-order valence-electron chi connectivity index (χ1n) is 6.76. The smallest absolute Gasteiger partial charge is 0.192 e.